The number of ether oxygens (including phenoxy) is 1. The van der Waals surface area contributed by atoms with E-state index in [0.717, 1.165) is 24.5 Å². The molecular formula is C14H16Cl2N4O. The van der Waals surface area contributed by atoms with Gasteiger partial charge in [0.2, 0.25) is 0 Å². The van der Waals surface area contributed by atoms with Crippen LogP contribution in [0.1, 0.15) is 24.0 Å². The van der Waals surface area contributed by atoms with Crippen molar-refractivity contribution >= 4 is 23.2 Å². The highest BCUT2D eigenvalue weighted by Gasteiger charge is 2.35. The Labute approximate surface area is 133 Å². The van der Waals surface area contributed by atoms with Crippen LogP contribution in [0.25, 0.3) is 0 Å². The van der Waals surface area contributed by atoms with Crippen LogP contribution >= 0.6 is 23.2 Å². The maximum absolute atomic E-state index is 6.22. The van der Waals surface area contributed by atoms with Crippen LogP contribution < -0.4 is 0 Å². The molecule has 5 nitrogen and oxygen atoms in total. The number of aromatic amines is 1. The van der Waals surface area contributed by atoms with Crippen LogP contribution in [0.5, 0.6) is 0 Å². The molecule has 0 radical (unpaired) electrons. The van der Waals surface area contributed by atoms with E-state index in [1.165, 1.54) is 0 Å². The normalized spacial score (nSPS) is 22.8. The summed E-state index contributed by atoms with van der Waals surface area (Å²) in [5.74, 6) is 0.944. The number of hydrogen-bond acceptors (Lipinski definition) is 4. The Balaban J connectivity index is 1.81. The summed E-state index contributed by atoms with van der Waals surface area (Å²) in [5.41, 5.74) is 0.814. The summed E-state index contributed by atoms with van der Waals surface area (Å²) in [5, 5.41) is 1.13. The van der Waals surface area contributed by atoms with Crippen molar-refractivity contribution in [3.63, 3.8) is 0 Å². The van der Waals surface area contributed by atoms with Gasteiger partial charge in [0.15, 0.2) is 0 Å². The monoisotopic (exact) mass is 326 g/mol. The lowest BCUT2D eigenvalue weighted by molar-refractivity contribution is 0.107. The van der Waals surface area contributed by atoms with Crippen LogP contribution in [-0.2, 0) is 11.3 Å². The van der Waals surface area contributed by atoms with E-state index in [2.05, 4.69) is 19.9 Å². The van der Waals surface area contributed by atoms with E-state index in [1.54, 1.807) is 25.6 Å². The van der Waals surface area contributed by atoms with Crippen molar-refractivity contribution in [2.45, 2.75) is 25.1 Å². The van der Waals surface area contributed by atoms with Gasteiger partial charge in [0, 0.05) is 38.8 Å². The van der Waals surface area contributed by atoms with Crippen LogP contribution in [0.4, 0.5) is 0 Å². The lowest BCUT2D eigenvalue weighted by Crippen LogP contribution is -2.26. The first-order chi connectivity index (χ1) is 10.2. The molecule has 1 aliphatic rings. The molecule has 0 aliphatic carbocycles. The van der Waals surface area contributed by atoms with E-state index in [0.29, 0.717) is 16.6 Å². The van der Waals surface area contributed by atoms with E-state index in [-0.39, 0.29) is 12.1 Å². The Bertz CT molecular complexity index is 605. The molecule has 1 fully saturated rings. The average Bonchev–Trinajstić information content (AvgIpc) is 3.10. The maximum Gasteiger partial charge on any atom is 0.123 e. The molecule has 1 unspecified atom stereocenters. The maximum atomic E-state index is 6.22. The molecule has 1 N–H and O–H groups in total. The number of nitrogens with zero attached hydrogens (tertiary/aromatic N) is 3. The first kappa shape index (κ1) is 14.8. The molecular weight excluding hydrogens is 311 g/mol. The third-order valence-corrected chi connectivity index (χ3v) is 4.30. The second kappa shape index (κ2) is 6.32. The first-order valence-corrected chi connectivity index (χ1v) is 7.49. The van der Waals surface area contributed by atoms with E-state index >= 15 is 0 Å². The number of likely N-dealkylation sites (tertiary alicyclic amines) is 1. The number of H-pyrrole nitrogens is 1. The van der Waals surface area contributed by atoms with Crippen LogP contribution in [0.3, 0.4) is 0 Å². The van der Waals surface area contributed by atoms with Gasteiger partial charge in [-0.2, -0.15) is 0 Å². The first-order valence-electron chi connectivity index (χ1n) is 6.73. The lowest BCUT2D eigenvalue weighted by Gasteiger charge is -2.22. The second-order valence-corrected chi connectivity index (χ2v) is 5.94. The molecule has 2 atom stereocenters. The van der Waals surface area contributed by atoms with E-state index in [9.17, 15) is 0 Å². The predicted octanol–water partition coefficient (Wildman–Crippen LogP) is 3.07. The van der Waals surface area contributed by atoms with Gasteiger partial charge in [-0.25, -0.2) is 4.98 Å². The molecule has 0 bridgehead atoms. The van der Waals surface area contributed by atoms with Gasteiger partial charge >= 0.3 is 0 Å². The van der Waals surface area contributed by atoms with Crippen molar-refractivity contribution in [2.75, 3.05) is 13.7 Å². The molecule has 112 valence electrons. The number of halogens is 2. The summed E-state index contributed by atoms with van der Waals surface area (Å²) in [4.78, 5) is 14.2. The standard InChI is InChI=1S/C14H16Cl2N4O/c1-21-10-5-13(14-17-2-3-18-14)20(7-10)8-12-11(16)4-9(15)6-19-12/h2-4,6,10,13H,5,7-8H2,1H3,(H,17,18)/t10-,13?/m1/s1. The van der Waals surface area contributed by atoms with Crippen LogP contribution in [0.15, 0.2) is 24.7 Å². The number of imidazole rings is 1. The fourth-order valence-corrected chi connectivity index (χ4v) is 3.14. The summed E-state index contributed by atoms with van der Waals surface area (Å²) >= 11 is 12.1. The Morgan fingerprint density at radius 2 is 2.29 bits per heavy atom. The number of rotatable bonds is 4. The van der Waals surface area contributed by atoms with E-state index < -0.39 is 0 Å². The molecule has 3 rings (SSSR count). The third kappa shape index (κ3) is 3.21. The molecule has 1 saturated heterocycles. The zero-order valence-electron chi connectivity index (χ0n) is 11.6. The number of nitrogens with one attached hydrogen (secondary N) is 1. The molecule has 2 aromatic rings. The molecule has 7 heteroatoms. The largest absolute Gasteiger partial charge is 0.380 e. The molecule has 0 spiro atoms. The number of pyridine rings is 1. The SMILES string of the molecule is CO[C@@H]1CC(c2ncc[nH]2)N(Cc2ncc(Cl)cc2Cl)C1. The zero-order chi connectivity index (χ0) is 14.8. The number of hydrogen-bond donors (Lipinski definition) is 1. The van der Waals surface area contributed by atoms with Gasteiger partial charge in [-0.15, -0.1) is 0 Å². The molecule has 0 saturated carbocycles. The Hall–Kier alpha value is -1.14. The van der Waals surface area contributed by atoms with Gasteiger partial charge in [0.05, 0.1) is 27.9 Å². The third-order valence-electron chi connectivity index (χ3n) is 3.77. The molecule has 2 aromatic heterocycles. The van der Waals surface area contributed by atoms with E-state index in [4.69, 9.17) is 27.9 Å². The topological polar surface area (TPSA) is 54.0 Å². The highest BCUT2D eigenvalue weighted by molar-refractivity contribution is 6.34. The minimum Gasteiger partial charge on any atom is -0.380 e. The minimum atomic E-state index is 0.179. The summed E-state index contributed by atoms with van der Waals surface area (Å²) in [6.07, 6.45) is 6.30. The molecule has 21 heavy (non-hydrogen) atoms. The lowest BCUT2D eigenvalue weighted by atomic mass is 10.2. The quantitative estimate of drug-likeness (QED) is 0.938. The van der Waals surface area contributed by atoms with Gasteiger partial charge in [-0.3, -0.25) is 9.88 Å². The number of aromatic nitrogens is 3. The van der Waals surface area contributed by atoms with E-state index in [1.807, 2.05) is 6.20 Å². The Morgan fingerprint density at radius 3 is 2.95 bits per heavy atom. The van der Waals surface area contributed by atoms with Crippen molar-refractivity contribution in [3.05, 3.63) is 46.2 Å². The minimum absolute atomic E-state index is 0.179. The van der Waals surface area contributed by atoms with Crippen LogP contribution in [-0.4, -0.2) is 39.6 Å². The Morgan fingerprint density at radius 1 is 1.43 bits per heavy atom. The molecule has 0 aromatic carbocycles. The highest BCUT2D eigenvalue weighted by atomic mass is 35.5. The summed E-state index contributed by atoms with van der Waals surface area (Å²) < 4.78 is 5.50. The zero-order valence-corrected chi connectivity index (χ0v) is 13.1. The van der Waals surface area contributed by atoms with Gasteiger partial charge < -0.3 is 9.72 Å². The van der Waals surface area contributed by atoms with Gasteiger partial charge in [0.1, 0.15) is 5.82 Å². The van der Waals surface area contributed by atoms with Crippen molar-refractivity contribution in [2.24, 2.45) is 0 Å². The van der Waals surface area contributed by atoms with Gasteiger partial charge in [0.25, 0.3) is 0 Å². The predicted molar refractivity (Wildman–Crippen MR) is 81.4 cm³/mol. The molecule has 3 heterocycles. The van der Waals surface area contributed by atoms with Crippen LogP contribution in [0.2, 0.25) is 10.0 Å². The average molecular weight is 327 g/mol. The van der Waals surface area contributed by atoms with Gasteiger partial charge in [-0.05, 0) is 12.5 Å². The van der Waals surface area contributed by atoms with Crippen LogP contribution in [0, 0.1) is 0 Å². The highest BCUT2D eigenvalue weighted by Crippen LogP contribution is 2.33. The van der Waals surface area contributed by atoms with Crippen molar-refractivity contribution in [3.8, 4) is 0 Å². The number of methoxy groups -OCH3 is 1. The Kier molecular flexibility index (Phi) is 4.45. The smallest absolute Gasteiger partial charge is 0.123 e. The van der Waals surface area contributed by atoms with Gasteiger partial charge in [-0.1, -0.05) is 23.2 Å². The molecule has 0 amide bonds. The molecule has 1 aliphatic heterocycles. The fourth-order valence-electron chi connectivity index (χ4n) is 2.70. The summed E-state index contributed by atoms with van der Waals surface area (Å²) in [7, 11) is 1.74. The summed E-state index contributed by atoms with van der Waals surface area (Å²) in [6.45, 7) is 1.46. The second-order valence-electron chi connectivity index (χ2n) is 5.10. The van der Waals surface area contributed by atoms with Crippen molar-refractivity contribution < 1.29 is 4.74 Å². The summed E-state index contributed by atoms with van der Waals surface area (Å²) in [6, 6.07) is 1.90. The van der Waals surface area contributed by atoms with Crippen molar-refractivity contribution in [1.29, 1.82) is 0 Å². The van der Waals surface area contributed by atoms with Crippen molar-refractivity contribution in [1.82, 2.24) is 19.9 Å². The fraction of sp³-hybridized carbons (Fsp3) is 0.429.